The number of alkyl halides is 1. The molecule has 0 spiro atoms. The molecule has 0 amide bonds. The van der Waals surface area contributed by atoms with Crippen LogP contribution in [0.4, 0.5) is 0 Å². The van der Waals surface area contributed by atoms with E-state index in [0.717, 1.165) is 16.9 Å². The summed E-state index contributed by atoms with van der Waals surface area (Å²) in [4.78, 5) is 11.3. The van der Waals surface area contributed by atoms with Crippen molar-refractivity contribution >= 4 is 21.9 Å². The smallest absolute Gasteiger partial charge is 0.346 e. The number of halogens is 1. The maximum atomic E-state index is 11.3. The van der Waals surface area contributed by atoms with Gasteiger partial charge in [0, 0.05) is 10.9 Å². The maximum Gasteiger partial charge on any atom is 0.346 e. The average molecular weight is 287 g/mol. The van der Waals surface area contributed by atoms with Gasteiger partial charge in [0.15, 0.2) is 6.10 Å². The molecule has 1 rings (SSSR count). The summed E-state index contributed by atoms with van der Waals surface area (Å²) in [6.07, 6.45) is -0.594. The van der Waals surface area contributed by atoms with Crippen LogP contribution in [0, 0.1) is 6.92 Å². The molecule has 0 aromatic heterocycles. The molecule has 88 valence electrons. The van der Waals surface area contributed by atoms with E-state index in [2.05, 4.69) is 20.7 Å². The normalized spacial score (nSPS) is 12.0. The highest BCUT2D eigenvalue weighted by atomic mass is 79.9. The third-order valence-electron chi connectivity index (χ3n) is 2.27. The number of carbonyl (C=O) groups excluding carboxylic acids is 1. The second-order valence-corrected chi connectivity index (χ2v) is 4.04. The summed E-state index contributed by atoms with van der Waals surface area (Å²) in [5.74, 6) is 0.376. The Morgan fingerprint density at radius 2 is 2.19 bits per heavy atom. The lowest BCUT2D eigenvalue weighted by Crippen LogP contribution is -2.25. The molecule has 0 radical (unpaired) electrons. The van der Waals surface area contributed by atoms with Crippen molar-refractivity contribution in [3.63, 3.8) is 0 Å². The van der Waals surface area contributed by atoms with Crippen LogP contribution in [0.25, 0.3) is 0 Å². The van der Waals surface area contributed by atoms with Crippen molar-refractivity contribution in [1.29, 1.82) is 0 Å². The quantitative estimate of drug-likeness (QED) is 0.631. The zero-order valence-corrected chi connectivity index (χ0v) is 11.2. The van der Waals surface area contributed by atoms with Gasteiger partial charge in [-0.2, -0.15) is 0 Å². The van der Waals surface area contributed by atoms with Gasteiger partial charge in [-0.3, -0.25) is 0 Å². The Morgan fingerprint density at radius 3 is 2.75 bits per heavy atom. The van der Waals surface area contributed by atoms with Crippen LogP contribution in [-0.4, -0.2) is 19.2 Å². The van der Waals surface area contributed by atoms with Crippen molar-refractivity contribution in [3.8, 4) is 5.75 Å². The first kappa shape index (κ1) is 13.0. The van der Waals surface area contributed by atoms with E-state index in [1.807, 2.05) is 25.1 Å². The summed E-state index contributed by atoms with van der Waals surface area (Å²) < 4.78 is 10.2. The number of carbonyl (C=O) groups is 1. The minimum atomic E-state index is -0.594. The number of para-hydroxylation sites is 1. The fourth-order valence-corrected chi connectivity index (χ4v) is 1.82. The molecule has 0 N–H and O–H groups in total. The van der Waals surface area contributed by atoms with Crippen LogP contribution >= 0.6 is 15.9 Å². The van der Waals surface area contributed by atoms with Gasteiger partial charge in [-0.1, -0.05) is 34.1 Å². The molecule has 4 heteroatoms. The largest absolute Gasteiger partial charge is 0.478 e. The van der Waals surface area contributed by atoms with E-state index in [9.17, 15) is 4.79 Å². The molecule has 1 aromatic carbocycles. The van der Waals surface area contributed by atoms with E-state index < -0.39 is 6.10 Å². The van der Waals surface area contributed by atoms with Gasteiger partial charge in [-0.25, -0.2) is 4.79 Å². The lowest BCUT2D eigenvalue weighted by Gasteiger charge is -2.16. The molecule has 1 unspecified atom stereocenters. The molecule has 1 atom stereocenters. The van der Waals surface area contributed by atoms with Crippen LogP contribution in [0.3, 0.4) is 0 Å². The second kappa shape index (κ2) is 5.89. The lowest BCUT2D eigenvalue weighted by atomic mass is 10.1. The van der Waals surface area contributed by atoms with E-state index >= 15 is 0 Å². The van der Waals surface area contributed by atoms with E-state index in [4.69, 9.17) is 4.74 Å². The number of hydrogen-bond donors (Lipinski definition) is 0. The monoisotopic (exact) mass is 286 g/mol. The van der Waals surface area contributed by atoms with Crippen LogP contribution in [0.15, 0.2) is 18.2 Å². The molecule has 0 bridgehead atoms. The minimum absolute atomic E-state index is 0.372. The summed E-state index contributed by atoms with van der Waals surface area (Å²) in [7, 11) is 1.35. The zero-order chi connectivity index (χ0) is 12.1. The Kier molecular flexibility index (Phi) is 4.80. The van der Waals surface area contributed by atoms with Gasteiger partial charge in [-0.05, 0) is 19.4 Å². The second-order valence-electron chi connectivity index (χ2n) is 3.48. The number of benzene rings is 1. The fourth-order valence-electron chi connectivity index (χ4n) is 1.38. The van der Waals surface area contributed by atoms with E-state index in [-0.39, 0.29) is 5.97 Å². The lowest BCUT2D eigenvalue weighted by molar-refractivity contribution is -0.147. The van der Waals surface area contributed by atoms with Crippen LogP contribution in [0.5, 0.6) is 5.75 Å². The topological polar surface area (TPSA) is 35.5 Å². The number of rotatable bonds is 4. The molecule has 0 aliphatic heterocycles. The average Bonchev–Trinajstić information content (AvgIpc) is 2.30. The summed E-state index contributed by atoms with van der Waals surface area (Å²) in [6.45, 7) is 3.63. The Bertz CT molecular complexity index is 377. The summed E-state index contributed by atoms with van der Waals surface area (Å²) in [5.41, 5.74) is 2.03. The zero-order valence-electron chi connectivity index (χ0n) is 9.62. The molecule has 0 saturated heterocycles. The van der Waals surface area contributed by atoms with Crippen molar-refractivity contribution in [1.82, 2.24) is 0 Å². The van der Waals surface area contributed by atoms with Gasteiger partial charge < -0.3 is 9.47 Å². The van der Waals surface area contributed by atoms with Gasteiger partial charge in [0.25, 0.3) is 0 Å². The number of esters is 1. The summed E-state index contributed by atoms with van der Waals surface area (Å²) >= 11 is 3.39. The first-order chi connectivity index (χ1) is 7.60. The van der Waals surface area contributed by atoms with Gasteiger partial charge >= 0.3 is 5.97 Å². The van der Waals surface area contributed by atoms with E-state index in [1.165, 1.54) is 7.11 Å². The molecule has 1 aromatic rings. The first-order valence-corrected chi connectivity index (χ1v) is 6.11. The number of ether oxygens (including phenoxy) is 2. The predicted molar refractivity (Wildman–Crippen MR) is 65.9 cm³/mol. The third kappa shape index (κ3) is 2.98. The molecule has 0 aliphatic rings. The standard InChI is InChI=1S/C12H15BrO3/c1-8-5-4-6-10(7-13)11(8)16-9(2)12(14)15-3/h4-6,9H,7H2,1-3H3. The van der Waals surface area contributed by atoms with Gasteiger partial charge in [-0.15, -0.1) is 0 Å². The van der Waals surface area contributed by atoms with Crippen molar-refractivity contribution in [2.45, 2.75) is 25.3 Å². The molecular weight excluding hydrogens is 272 g/mol. The SMILES string of the molecule is COC(=O)C(C)Oc1c(C)cccc1CBr. The van der Waals surface area contributed by atoms with Gasteiger partial charge in [0.05, 0.1) is 7.11 Å². The van der Waals surface area contributed by atoms with Crippen molar-refractivity contribution in [2.75, 3.05) is 7.11 Å². The van der Waals surface area contributed by atoms with Crippen molar-refractivity contribution < 1.29 is 14.3 Å². The molecule has 3 nitrogen and oxygen atoms in total. The van der Waals surface area contributed by atoms with Crippen LogP contribution in [0.2, 0.25) is 0 Å². The highest BCUT2D eigenvalue weighted by Gasteiger charge is 2.17. The van der Waals surface area contributed by atoms with Crippen molar-refractivity contribution in [3.05, 3.63) is 29.3 Å². The maximum absolute atomic E-state index is 11.3. The predicted octanol–water partition coefficient (Wildman–Crippen LogP) is 2.83. The fraction of sp³-hybridized carbons (Fsp3) is 0.417. The van der Waals surface area contributed by atoms with Gasteiger partial charge in [0.1, 0.15) is 5.75 Å². The molecule has 0 aliphatic carbocycles. The summed E-state index contributed by atoms with van der Waals surface area (Å²) in [5, 5.41) is 0.692. The third-order valence-corrected chi connectivity index (χ3v) is 2.87. The Balaban J connectivity index is 2.91. The highest BCUT2D eigenvalue weighted by molar-refractivity contribution is 9.08. The number of hydrogen-bond acceptors (Lipinski definition) is 3. The first-order valence-electron chi connectivity index (χ1n) is 4.99. The van der Waals surface area contributed by atoms with Crippen LogP contribution in [0.1, 0.15) is 18.1 Å². The Hall–Kier alpha value is -1.03. The molecule has 0 fully saturated rings. The molecule has 16 heavy (non-hydrogen) atoms. The number of aryl methyl sites for hydroxylation is 1. The van der Waals surface area contributed by atoms with Gasteiger partial charge in [0.2, 0.25) is 0 Å². The minimum Gasteiger partial charge on any atom is -0.478 e. The highest BCUT2D eigenvalue weighted by Crippen LogP contribution is 2.26. The van der Waals surface area contributed by atoms with Crippen molar-refractivity contribution in [2.24, 2.45) is 0 Å². The Morgan fingerprint density at radius 1 is 1.50 bits per heavy atom. The molecular formula is C12H15BrO3. The van der Waals surface area contributed by atoms with E-state index in [1.54, 1.807) is 6.92 Å². The summed E-state index contributed by atoms with van der Waals surface area (Å²) in [6, 6.07) is 5.87. The Labute approximate surface area is 104 Å². The number of methoxy groups -OCH3 is 1. The van der Waals surface area contributed by atoms with Crippen LogP contribution in [-0.2, 0) is 14.9 Å². The molecule has 0 heterocycles. The van der Waals surface area contributed by atoms with Crippen LogP contribution < -0.4 is 4.74 Å². The molecule has 0 saturated carbocycles. The van der Waals surface area contributed by atoms with E-state index in [0.29, 0.717) is 5.33 Å².